The average Bonchev–Trinajstić information content (AvgIpc) is 3.22. The molecule has 1 nitrogen and oxygen atoms in total. The lowest BCUT2D eigenvalue weighted by molar-refractivity contribution is 1.28. The third-order valence-corrected chi connectivity index (χ3v) is 9.87. The third-order valence-electron chi connectivity index (χ3n) is 9.87. The van der Waals surface area contributed by atoms with Crippen molar-refractivity contribution in [2.75, 3.05) is 4.90 Å². The maximum Gasteiger partial charge on any atom is 0.0540 e. The summed E-state index contributed by atoms with van der Waals surface area (Å²) in [5, 5.41) is 5.00. The predicted molar refractivity (Wildman–Crippen MR) is 218 cm³/mol. The minimum absolute atomic E-state index is 1.09. The molecular formula is C50H35N. The topological polar surface area (TPSA) is 3.24 Å². The zero-order valence-electron chi connectivity index (χ0n) is 28.2. The van der Waals surface area contributed by atoms with Crippen molar-refractivity contribution in [3.63, 3.8) is 0 Å². The van der Waals surface area contributed by atoms with Crippen LogP contribution < -0.4 is 4.90 Å². The highest BCUT2D eigenvalue weighted by Gasteiger charge is 2.22. The van der Waals surface area contributed by atoms with E-state index < -0.39 is 0 Å². The van der Waals surface area contributed by atoms with E-state index in [1.165, 1.54) is 66.1 Å². The van der Waals surface area contributed by atoms with Crippen LogP contribution in [-0.2, 0) is 0 Å². The second-order valence-corrected chi connectivity index (χ2v) is 12.9. The van der Waals surface area contributed by atoms with E-state index in [0.29, 0.717) is 0 Å². The van der Waals surface area contributed by atoms with E-state index in [2.05, 4.69) is 217 Å². The average molecular weight is 650 g/mol. The van der Waals surface area contributed by atoms with Crippen LogP contribution in [0.3, 0.4) is 0 Å². The van der Waals surface area contributed by atoms with Gasteiger partial charge in [0, 0.05) is 16.8 Å². The highest BCUT2D eigenvalue weighted by Crippen LogP contribution is 2.47. The molecule has 0 atom stereocenters. The first kappa shape index (κ1) is 30.4. The molecule has 51 heavy (non-hydrogen) atoms. The largest absolute Gasteiger partial charge is 0.309 e. The van der Waals surface area contributed by atoms with Crippen molar-refractivity contribution >= 4 is 38.6 Å². The quantitative estimate of drug-likeness (QED) is 0.155. The maximum absolute atomic E-state index is 2.45. The van der Waals surface area contributed by atoms with Gasteiger partial charge in [0.25, 0.3) is 0 Å². The van der Waals surface area contributed by atoms with Gasteiger partial charge in [-0.2, -0.15) is 0 Å². The van der Waals surface area contributed by atoms with Gasteiger partial charge in [-0.15, -0.1) is 0 Å². The smallest absolute Gasteiger partial charge is 0.0540 e. The van der Waals surface area contributed by atoms with Gasteiger partial charge in [-0.05, 0) is 91.3 Å². The highest BCUT2D eigenvalue weighted by molar-refractivity contribution is 6.15. The van der Waals surface area contributed by atoms with E-state index in [9.17, 15) is 0 Å². The number of rotatable bonds is 7. The Balaban J connectivity index is 1.31. The summed E-state index contributed by atoms with van der Waals surface area (Å²) in [6, 6.07) is 76.7. The molecule has 0 unspecified atom stereocenters. The van der Waals surface area contributed by atoms with Crippen LogP contribution in [0.5, 0.6) is 0 Å². The lowest BCUT2D eigenvalue weighted by Gasteiger charge is -2.30. The van der Waals surface area contributed by atoms with Gasteiger partial charge in [0.1, 0.15) is 0 Å². The number of hydrogen-bond donors (Lipinski definition) is 0. The fraction of sp³-hybridized carbons (Fsp3) is 0. The minimum Gasteiger partial charge on any atom is -0.309 e. The molecule has 0 aliphatic carbocycles. The van der Waals surface area contributed by atoms with Crippen LogP contribution in [0.2, 0.25) is 0 Å². The van der Waals surface area contributed by atoms with Gasteiger partial charge in [-0.3, -0.25) is 0 Å². The van der Waals surface area contributed by atoms with Gasteiger partial charge in [0.15, 0.2) is 0 Å². The third kappa shape index (κ3) is 5.75. The van der Waals surface area contributed by atoms with Gasteiger partial charge in [0.05, 0.1) is 11.4 Å². The molecule has 1 heteroatoms. The molecule has 0 radical (unpaired) electrons. The molecule has 0 fully saturated rings. The van der Waals surface area contributed by atoms with Gasteiger partial charge < -0.3 is 4.90 Å². The Kier molecular flexibility index (Phi) is 7.92. The van der Waals surface area contributed by atoms with Gasteiger partial charge in [0.2, 0.25) is 0 Å². The zero-order valence-corrected chi connectivity index (χ0v) is 28.2. The van der Waals surface area contributed by atoms with E-state index in [1.54, 1.807) is 0 Å². The molecule has 0 aromatic heterocycles. The van der Waals surface area contributed by atoms with Gasteiger partial charge in [-0.1, -0.05) is 176 Å². The summed E-state index contributed by atoms with van der Waals surface area (Å²) >= 11 is 0. The molecular weight excluding hydrogens is 615 g/mol. The minimum atomic E-state index is 1.09. The molecule has 0 N–H and O–H groups in total. The summed E-state index contributed by atoms with van der Waals surface area (Å²) in [6.45, 7) is 0. The predicted octanol–water partition coefficient (Wildman–Crippen LogP) is 14.1. The number of benzene rings is 9. The molecule has 9 rings (SSSR count). The molecule has 0 aliphatic heterocycles. The van der Waals surface area contributed by atoms with E-state index in [0.717, 1.165) is 17.1 Å². The molecule has 0 saturated carbocycles. The van der Waals surface area contributed by atoms with Gasteiger partial charge >= 0.3 is 0 Å². The second kappa shape index (κ2) is 13.3. The van der Waals surface area contributed by atoms with Crippen LogP contribution >= 0.6 is 0 Å². The molecule has 0 saturated heterocycles. The van der Waals surface area contributed by atoms with Gasteiger partial charge in [-0.25, -0.2) is 0 Å². The SMILES string of the molecule is c1ccc(-c2ccc(N(c3ccc(-c4ccccc4)cc3-c3ccccc3)c3ccccc3-c3cc4ccccc4c4ccccc34)cc2)cc1. The number of para-hydroxylation sites is 1. The van der Waals surface area contributed by atoms with Crippen molar-refractivity contribution in [1.29, 1.82) is 0 Å². The maximum atomic E-state index is 2.45. The Hall–Kier alpha value is -6.70. The molecule has 0 bridgehead atoms. The molecule has 0 aliphatic rings. The van der Waals surface area contributed by atoms with Crippen molar-refractivity contribution < 1.29 is 0 Å². The Morgan fingerprint density at radius 3 is 1.45 bits per heavy atom. The fourth-order valence-corrected chi connectivity index (χ4v) is 7.41. The van der Waals surface area contributed by atoms with Crippen molar-refractivity contribution in [3.05, 3.63) is 212 Å². The van der Waals surface area contributed by atoms with Crippen molar-refractivity contribution in [1.82, 2.24) is 0 Å². The van der Waals surface area contributed by atoms with Crippen LogP contribution in [0.4, 0.5) is 17.1 Å². The number of anilines is 3. The summed E-state index contributed by atoms with van der Waals surface area (Å²) in [4.78, 5) is 2.45. The van der Waals surface area contributed by atoms with Crippen LogP contribution in [0.25, 0.3) is 66.1 Å². The Morgan fingerprint density at radius 2 is 0.745 bits per heavy atom. The molecule has 0 amide bonds. The van der Waals surface area contributed by atoms with Crippen molar-refractivity contribution in [2.45, 2.75) is 0 Å². The number of hydrogen-bond acceptors (Lipinski definition) is 1. The highest BCUT2D eigenvalue weighted by atomic mass is 15.1. The lowest BCUT2D eigenvalue weighted by Crippen LogP contribution is -2.12. The number of nitrogens with zero attached hydrogens (tertiary/aromatic N) is 1. The first-order valence-electron chi connectivity index (χ1n) is 17.5. The standard InChI is InChI=1S/C50H35N/c1-4-16-36(17-5-1)38-28-31-42(32-29-38)51(50-33-30-40(37-18-6-2-7-19-37)34-47(50)39-20-8-3-9-21-39)49-27-15-14-26-46(49)48-35-41-22-10-11-23-43(41)44-24-12-13-25-45(44)48/h1-35H. The van der Waals surface area contributed by atoms with Crippen LogP contribution in [0.1, 0.15) is 0 Å². The fourth-order valence-electron chi connectivity index (χ4n) is 7.41. The van der Waals surface area contributed by atoms with Crippen molar-refractivity contribution in [3.8, 4) is 44.5 Å². The summed E-state index contributed by atoms with van der Waals surface area (Å²) in [7, 11) is 0. The Morgan fingerprint density at radius 1 is 0.255 bits per heavy atom. The Bertz CT molecular complexity index is 2610. The second-order valence-electron chi connectivity index (χ2n) is 12.9. The number of fused-ring (bicyclic) bond motifs is 3. The van der Waals surface area contributed by atoms with E-state index in [1.807, 2.05) is 0 Å². The monoisotopic (exact) mass is 649 g/mol. The van der Waals surface area contributed by atoms with Crippen LogP contribution in [0, 0.1) is 0 Å². The molecule has 0 heterocycles. The summed E-state index contributed by atoms with van der Waals surface area (Å²) < 4.78 is 0. The van der Waals surface area contributed by atoms with E-state index in [-0.39, 0.29) is 0 Å². The van der Waals surface area contributed by atoms with Crippen LogP contribution in [-0.4, -0.2) is 0 Å². The molecule has 9 aromatic rings. The Labute approximate surface area is 299 Å². The summed E-state index contributed by atoms with van der Waals surface area (Å²) in [6.07, 6.45) is 0. The molecule has 0 spiro atoms. The first-order valence-corrected chi connectivity index (χ1v) is 17.5. The summed E-state index contributed by atoms with van der Waals surface area (Å²) in [5.41, 5.74) is 12.8. The molecule has 9 aromatic carbocycles. The van der Waals surface area contributed by atoms with E-state index >= 15 is 0 Å². The summed E-state index contributed by atoms with van der Waals surface area (Å²) in [5.74, 6) is 0. The first-order chi connectivity index (χ1) is 25.3. The zero-order chi connectivity index (χ0) is 34.0. The molecule has 240 valence electrons. The lowest BCUT2D eigenvalue weighted by atomic mass is 9.91. The van der Waals surface area contributed by atoms with E-state index in [4.69, 9.17) is 0 Å². The van der Waals surface area contributed by atoms with Crippen LogP contribution in [0.15, 0.2) is 212 Å². The normalized spacial score (nSPS) is 11.1. The van der Waals surface area contributed by atoms with Crippen molar-refractivity contribution in [2.24, 2.45) is 0 Å².